The summed E-state index contributed by atoms with van der Waals surface area (Å²) >= 11 is 0. The first-order valence-electron chi connectivity index (χ1n) is 7.41. The van der Waals surface area contributed by atoms with Gasteiger partial charge in [-0.3, -0.25) is 10.1 Å². The van der Waals surface area contributed by atoms with Gasteiger partial charge < -0.3 is 9.64 Å². The van der Waals surface area contributed by atoms with Gasteiger partial charge in [-0.05, 0) is 38.5 Å². The van der Waals surface area contributed by atoms with E-state index in [4.69, 9.17) is 0 Å². The highest BCUT2D eigenvalue weighted by atomic mass is 19.4. The van der Waals surface area contributed by atoms with Crippen molar-refractivity contribution >= 4 is 17.7 Å². The van der Waals surface area contributed by atoms with Gasteiger partial charge in [0.25, 0.3) is 5.91 Å². The van der Waals surface area contributed by atoms with E-state index in [1.807, 2.05) is 0 Å². The molecule has 0 unspecified atom stereocenters. The van der Waals surface area contributed by atoms with Crippen molar-refractivity contribution in [1.82, 2.24) is 4.90 Å². The van der Waals surface area contributed by atoms with Gasteiger partial charge in [0, 0.05) is 23.3 Å². The highest BCUT2D eigenvalue weighted by Crippen LogP contribution is 2.45. The molecule has 0 aliphatic carbocycles. The van der Waals surface area contributed by atoms with Gasteiger partial charge in [0.1, 0.15) is 0 Å². The Morgan fingerprint density at radius 2 is 2.00 bits per heavy atom. The van der Waals surface area contributed by atoms with Crippen LogP contribution in [0.15, 0.2) is 24.3 Å². The molecule has 2 rings (SSSR count). The number of anilines is 1. The molecule has 1 heterocycles. The fraction of sp³-hybridized carbons (Fsp3) is 0.500. The smallest absolute Gasteiger partial charge is 0.411 e. The Morgan fingerprint density at radius 3 is 2.54 bits per heavy atom. The molecule has 24 heavy (non-hydrogen) atoms. The lowest BCUT2D eigenvalue weighted by Gasteiger charge is -2.36. The van der Waals surface area contributed by atoms with Gasteiger partial charge in [-0.25, -0.2) is 4.79 Å². The van der Waals surface area contributed by atoms with E-state index in [9.17, 15) is 22.8 Å². The summed E-state index contributed by atoms with van der Waals surface area (Å²) in [5.74, 6) is -2.06. The van der Waals surface area contributed by atoms with Crippen molar-refractivity contribution in [3.8, 4) is 0 Å². The van der Waals surface area contributed by atoms with Crippen LogP contribution >= 0.6 is 0 Å². The second-order valence-electron chi connectivity index (χ2n) is 6.19. The molecule has 0 spiro atoms. The lowest BCUT2D eigenvalue weighted by molar-refractivity contribution is -0.189. The van der Waals surface area contributed by atoms with Crippen LogP contribution in [0.3, 0.4) is 0 Å². The Kier molecular flexibility index (Phi) is 4.77. The molecule has 0 radical (unpaired) electrons. The fourth-order valence-corrected chi connectivity index (χ4v) is 3.07. The van der Waals surface area contributed by atoms with E-state index in [1.54, 1.807) is 12.1 Å². The molecule has 1 aromatic carbocycles. The number of carbonyl (C=O) groups is 2. The average molecular weight is 344 g/mol. The van der Waals surface area contributed by atoms with Crippen molar-refractivity contribution in [3.63, 3.8) is 0 Å². The molecule has 5 nitrogen and oxygen atoms in total. The van der Waals surface area contributed by atoms with Crippen molar-refractivity contribution in [2.75, 3.05) is 19.0 Å². The zero-order chi connectivity index (χ0) is 18.1. The molecule has 132 valence electrons. The third-order valence-corrected chi connectivity index (χ3v) is 4.37. The maximum absolute atomic E-state index is 13.1. The molecule has 1 atom stereocenters. The normalized spacial score (nSPS) is 19.9. The van der Waals surface area contributed by atoms with E-state index in [0.717, 1.165) is 0 Å². The average Bonchev–Trinajstić information content (AvgIpc) is 2.81. The molecular formula is C16H19F3N2O3. The van der Waals surface area contributed by atoms with Crippen LogP contribution in [0.1, 0.15) is 30.6 Å². The van der Waals surface area contributed by atoms with Crippen LogP contribution < -0.4 is 5.32 Å². The molecule has 8 heteroatoms. The summed E-state index contributed by atoms with van der Waals surface area (Å²) in [4.78, 5) is 25.1. The first kappa shape index (κ1) is 18.1. The quantitative estimate of drug-likeness (QED) is 0.891. The number of nitrogens with one attached hydrogen (secondary N) is 1. The third kappa shape index (κ3) is 3.47. The number of benzene rings is 1. The number of ether oxygens (including phenoxy) is 1. The molecular weight excluding hydrogens is 325 g/mol. The summed E-state index contributed by atoms with van der Waals surface area (Å²) < 4.78 is 43.9. The van der Waals surface area contributed by atoms with Gasteiger partial charge >= 0.3 is 12.3 Å². The molecule has 1 aliphatic heterocycles. The van der Waals surface area contributed by atoms with E-state index in [-0.39, 0.29) is 18.5 Å². The van der Waals surface area contributed by atoms with E-state index in [0.29, 0.717) is 5.69 Å². The molecule has 1 aromatic rings. The fourth-order valence-electron chi connectivity index (χ4n) is 3.07. The van der Waals surface area contributed by atoms with Gasteiger partial charge in [0.15, 0.2) is 0 Å². The van der Waals surface area contributed by atoms with E-state index in [1.165, 1.54) is 38.0 Å². The van der Waals surface area contributed by atoms with Crippen molar-refractivity contribution < 1.29 is 27.5 Å². The zero-order valence-electron chi connectivity index (χ0n) is 13.6. The first-order chi connectivity index (χ1) is 11.1. The zero-order valence-corrected chi connectivity index (χ0v) is 13.6. The summed E-state index contributed by atoms with van der Waals surface area (Å²) in [7, 11) is 1.20. The van der Waals surface area contributed by atoms with E-state index in [2.05, 4.69) is 10.1 Å². The Bertz CT molecular complexity index is 644. The maximum Gasteiger partial charge on any atom is 0.411 e. The number of likely N-dealkylation sites (tertiary alicyclic amines) is 1. The number of nitrogens with zero attached hydrogens (tertiary/aromatic N) is 1. The Balaban J connectivity index is 2.23. The predicted octanol–water partition coefficient (Wildman–Crippen LogP) is 3.67. The maximum atomic E-state index is 13.1. The van der Waals surface area contributed by atoms with Gasteiger partial charge in [0.05, 0.1) is 13.0 Å². The topological polar surface area (TPSA) is 58.6 Å². The van der Waals surface area contributed by atoms with Crippen LogP contribution in [0.5, 0.6) is 0 Å². The number of hydrogen-bond acceptors (Lipinski definition) is 3. The molecule has 1 N–H and O–H groups in total. The van der Waals surface area contributed by atoms with Gasteiger partial charge in [-0.15, -0.1) is 0 Å². The molecule has 2 amide bonds. The second kappa shape index (κ2) is 6.33. The van der Waals surface area contributed by atoms with E-state index >= 15 is 0 Å². The van der Waals surface area contributed by atoms with Crippen LogP contribution in [0.2, 0.25) is 0 Å². The second-order valence-corrected chi connectivity index (χ2v) is 6.19. The monoisotopic (exact) mass is 344 g/mol. The molecule has 1 fully saturated rings. The summed E-state index contributed by atoms with van der Waals surface area (Å²) in [5, 5.41) is 2.42. The van der Waals surface area contributed by atoms with Gasteiger partial charge in [-0.2, -0.15) is 13.2 Å². The molecule has 0 bridgehead atoms. The Morgan fingerprint density at radius 1 is 1.33 bits per heavy atom. The minimum Gasteiger partial charge on any atom is -0.453 e. The van der Waals surface area contributed by atoms with Crippen molar-refractivity contribution in [1.29, 1.82) is 0 Å². The highest BCUT2D eigenvalue weighted by Gasteiger charge is 2.56. The minimum atomic E-state index is -4.35. The lowest BCUT2D eigenvalue weighted by Crippen LogP contribution is -2.49. The highest BCUT2D eigenvalue weighted by molar-refractivity contribution is 5.97. The number of halogens is 3. The minimum absolute atomic E-state index is 0.0324. The molecule has 0 saturated carbocycles. The summed E-state index contributed by atoms with van der Waals surface area (Å²) in [6.45, 7) is 2.88. The summed E-state index contributed by atoms with van der Waals surface area (Å²) in [5.41, 5.74) is -0.793. The first-order valence-corrected chi connectivity index (χ1v) is 7.41. The van der Waals surface area contributed by atoms with Crippen molar-refractivity contribution in [2.45, 2.75) is 32.0 Å². The molecule has 1 saturated heterocycles. The van der Waals surface area contributed by atoms with Crippen LogP contribution in [0.4, 0.5) is 23.7 Å². The standard InChI is InChI=1S/C16H19F3N2O3/c1-15(2)12(16(17,18)19)7-8-21(15)13(22)10-5-4-6-11(9-10)20-14(23)24-3/h4-6,9,12H,7-8H2,1-3H3,(H,20,23)/t12-/m1/s1. The summed E-state index contributed by atoms with van der Waals surface area (Å²) in [6, 6.07) is 6.02. The number of methoxy groups -OCH3 is 1. The van der Waals surface area contributed by atoms with Crippen LogP contribution in [0.25, 0.3) is 0 Å². The van der Waals surface area contributed by atoms with Gasteiger partial charge in [-0.1, -0.05) is 6.07 Å². The number of amides is 2. The number of hydrogen-bond donors (Lipinski definition) is 1. The Hall–Kier alpha value is -2.25. The van der Waals surface area contributed by atoms with Crippen molar-refractivity contribution in [2.24, 2.45) is 5.92 Å². The van der Waals surface area contributed by atoms with Crippen molar-refractivity contribution in [3.05, 3.63) is 29.8 Å². The summed E-state index contributed by atoms with van der Waals surface area (Å²) in [6.07, 6.45) is -5.17. The molecule has 1 aliphatic rings. The predicted molar refractivity (Wildman–Crippen MR) is 81.7 cm³/mol. The third-order valence-electron chi connectivity index (χ3n) is 4.37. The Labute approximate surface area is 137 Å². The number of carbonyl (C=O) groups excluding carboxylic acids is 2. The van der Waals surface area contributed by atoms with Gasteiger partial charge in [0.2, 0.25) is 0 Å². The van der Waals surface area contributed by atoms with Crippen LogP contribution in [-0.2, 0) is 4.74 Å². The van der Waals surface area contributed by atoms with Crippen LogP contribution in [-0.4, -0.2) is 42.3 Å². The molecule has 0 aromatic heterocycles. The number of rotatable bonds is 2. The lowest BCUT2D eigenvalue weighted by atomic mass is 9.87. The van der Waals surface area contributed by atoms with Crippen LogP contribution in [0, 0.1) is 5.92 Å². The number of alkyl halides is 3. The SMILES string of the molecule is COC(=O)Nc1cccc(C(=O)N2CC[C@@H](C(F)(F)F)C2(C)C)c1. The van der Waals surface area contributed by atoms with E-state index < -0.39 is 29.6 Å². The largest absolute Gasteiger partial charge is 0.453 e.